The van der Waals surface area contributed by atoms with Crippen molar-refractivity contribution >= 4 is 55.6 Å². The zero-order chi connectivity index (χ0) is 25.6. The van der Waals surface area contributed by atoms with Gasteiger partial charge in [-0.25, -0.2) is 0 Å². The van der Waals surface area contributed by atoms with Crippen LogP contribution in [0.1, 0.15) is 18.1 Å². The van der Waals surface area contributed by atoms with Gasteiger partial charge in [-0.05, 0) is 86.1 Å². The topological polar surface area (TPSA) is 13.1 Å². The van der Waals surface area contributed by atoms with Crippen LogP contribution in [0.4, 0.5) is 0 Å². The molecule has 0 spiro atoms. The Kier molecular flexibility index (Phi) is 5.23. The number of fused-ring (bicyclic) bond motifs is 5. The molecule has 0 aliphatic carbocycles. The molecule has 1 heteroatoms. The summed E-state index contributed by atoms with van der Waals surface area (Å²) in [6, 6.07) is 39.2. The molecule has 38 heavy (non-hydrogen) atoms. The van der Waals surface area contributed by atoms with E-state index in [1.807, 2.05) is 19.1 Å². The molecule has 0 radical (unpaired) electrons. The van der Waals surface area contributed by atoms with E-state index in [-0.39, 0.29) is 0 Å². The lowest BCUT2D eigenvalue weighted by Crippen LogP contribution is -1.90. The van der Waals surface area contributed by atoms with Gasteiger partial charge in [-0.15, -0.1) is 0 Å². The van der Waals surface area contributed by atoms with Crippen LogP contribution in [-0.4, -0.2) is 0 Å². The maximum Gasteiger partial charge on any atom is 0.136 e. The van der Waals surface area contributed by atoms with Crippen LogP contribution in [0.25, 0.3) is 77.9 Å². The molecule has 0 bridgehead atoms. The zero-order valence-corrected chi connectivity index (χ0v) is 21.2. The fourth-order valence-corrected chi connectivity index (χ4v) is 5.87. The van der Waals surface area contributed by atoms with E-state index < -0.39 is 0 Å². The molecule has 0 N–H and O–H groups in total. The van der Waals surface area contributed by atoms with Crippen LogP contribution in [0.15, 0.2) is 126 Å². The van der Waals surface area contributed by atoms with Crippen LogP contribution in [0.5, 0.6) is 0 Å². The average Bonchev–Trinajstić information content (AvgIpc) is 3.32. The molecule has 7 aromatic rings. The number of furan rings is 1. The molecule has 6 aromatic carbocycles. The molecule has 0 saturated heterocycles. The predicted molar refractivity (Wildman–Crippen MR) is 164 cm³/mol. The first-order valence-corrected chi connectivity index (χ1v) is 13.0. The summed E-state index contributed by atoms with van der Waals surface area (Å²) in [6.45, 7) is 6.07. The highest BCUT2D eigenvalue weighted by atomic mass is 16.3. The fraction of sp³-hybridized carbons (Fsp3) is 0.0270. The van der Waals surface area contributed by atoms with Crippen LogP contribution in [0.2, 0.25) is 0 Å². The maximum absolute atomic E-state index is 6.31. The Morgan fingerprint density at radius 1 is 0.526 bits per heavy atom. The van der Waals surface area contributed by atoms with E-state index in [2.05, 4.69) is 122 Å². The second kappa shape index (κ2) is 8.90. The van der Waals surface area contributed by atoms with E-state index in [0.717, 1.165) is 33.1 Å². The van der Waals surface area contributed by atoms with Crippen molar-refractivity contribution in [1.82, 2.24) is 0 Å². The summed E-state index contributed by atoms with van der Waals surface area (Å²) in [7, 11) is 0. The maximum atomic E-state index is 6.31. The zero-order valence-electron chi connectivity index (χ0n) is 21.2. The van der Waals surface area contributed by atoms with E-state index in [1.54, 1.807) is 0 Å². The standard InChI is InChI=1S/C37H26O/c1-3-12-26-23-35-33(21-24(26)4-2)32-22-27(19-20-34(32)38-35)37-30-17-10-8-15-28(30)36(25-13-6-5-7-14-25)29-16-9-11-18-31(29)37/h3-23H,2H2,1H3/b12-3-. The Hall–Kier alpha value is -4.88. The van der Waals surface area contributed by atoms with Crippen molar-refractivity contribution in [2.45, 2.75) is 6.92 Å². The summed E-state index contributed by atoms with van der Waals surface area (Å²) in [6.07, 6.45) is 6.06. The Bertz CT molecular complexity index is 1980. The summed E-state index contributed by atoms with van der Waals surface area (Å²) in [4.78, 5) is 0. The third-order valence-electron chi connectivity index (χ3n) is 7.52. The highest BCUT2D eigenvalue weighted by Crippen LogP contribution is 2.44. The Morgan fingerprint density at radius 2 is 1.11 bits per heavy atom. The highest BCUT2D eigenvalue weighted by molar-refractivity contribution is 6.22. The van der Waals surface area contributed by atoms with Gasteiger partial charge < -0.3 is 4.42 Å². The second-order valence-electron chi connectivity index (χ2n) is 9.70. The fourth-order valence-electron chi connectivity index (χ4n) is 5.87. The first-order valence-electron chi connectivity index (χ1n) is 13.0. The van der Waals surface area contributed by atoms with E-state index >= 15 is 0 Å². The van der Waals surface area contributed by atoms with Crippen molar-refractivity contribution in [3.63, 3.8) is 0 Å². The van der Waals surface area contributed by atoms with Crippen LogP contribution >= 0.6 is 0 Å². The van der Waals surface area contributed by atoms with Gasteiger partial charge in [0, 0.05) is 10.8 Å². The molecule has 0 fully saturated rings. The van der Waals surface area contributed by atoms with Crippen LogP contribution in [-0.2, 0) is 0 Å². The smallest absolute Gasteiger partial charge is 0.136 e. The minimum atomic E-state index is 0.894. The van der Waals surface area contributed by atoms with Gasteiger partial charge in [0.25, 0.3) is 0 Å². The molecule has 0 aliphatic rings. The quantitative estimate of drug-likeness (QED) is 0.225. The largest absolute Gasteiger partial charge is 0.456 e. The lowest BCUT2D eigenvalue weighted by Gasteiger charge is -2.17. The second-order valence-corrected chi connectivity index (χ2v) is 9.70. The van der Waals surface area contributed by atoms with Crippen molar-refractivity contribution in [1.29, 1.82) is 0 Å². The lowest BCUT2D eigenvalue weighted by molar-refractivity contribution is 0.669. The third kappa shape index (κ3) is 3.40. The van der Waals surface area contributed by atoms with Gasteiger partial charge in [-0.3, -0.25) is 0 Å². The Morgan fingerprint density at radius 3 is 1.71 bits per heavy atom. The number of hydrogen-bond acceptors (Lipinski definition) is 1. The summed E-state index contributed by atoms with van der Waals surface area (Å²) < 4.78 is 6.31. The van der Waals surface area contributed by atoms with E-state index in [1.165, 1.54) is 43.8 Å². The van der Waals surface area contributed by atoms with E-state index in [0.29, 0.717) is 0 Å². The molecular weight excluding hydrogens is 460 g/mol. The van der Waals surface area contributed by atoms with Crippen molar-refractivity contribution in [3.05, 3.63) is 133 Å². The van der Waals surface area contributed by atoms with Crippen molar-refractivity contribution in [2.75, 3.05) is 0 Å². The van der Waals surface area contributed by atoms with Gasteiger partial charge in [0.2, 0.25) is 0 Å². The molecule has 1 nitrogen and oxygen atoms in total. The molecule has 0 saturated carbocycles. The number of benzene rings is 6. The average molecular weight is 487 g/mol. The van der Waals surface area contributed by atoms with Gasteiger partial charge in [-0.1, -0.05) is 110 Å². The van der Waals surface area contributed by atoms with Gasteiger partial charge in [0.15, 0.2) is 0 Å². The van der Waals surface area contributed by atoms with Crippen LogP contribution < -0.4 is 0 Å². The highest BCUT2D eigenvalue weighted by Gasteiger charge is 2.18. The van der Waals surface area contributed by atoms with E-state index in [9.17, 15) is 0 Å². The molecule has 1 heterocycles. The van der Waals surface area contributed by atoms with Crippen molar-refractivity contribution in [2.24, 2.45) is 0 Å². The summed E-state index contributed by atoms with van der Waals surface area (Å²) >= 11 is 0. The summed E-state index contributed by atoms with van der Waals surface area (Å²) in [5, 5.41) is 7.25. The number of allylic oxidation sites excluding steroid dienone is 1. The molecule has 0 amide bonds. The summed E-state index contributed by atoms with van der Waals surface area (Å²) in [5.74, 6) is 0. The molecule has 0 aliphatic heterocycles. The van der Waals surface area contributed by atoms with Gasteiger partial charge >= 0.3 is 0 Å². The minimum absolute atomic E-state index is 0.894. The first kappa shape index (κ1) is 22.3. The van der Waals surface area contributed by atoms with E-state index in [4.69, 9.17) is 4.42 Å². The molecular formula is C37H26O. The molecule has 7 rings (SSSR count). The third-order valence-corrected chi connectivity index (χ3v) is 7.52. The van der Waals surface area contributed by atoms with Crippen LogP contribution in [0, 0.1) is 0 Å². The monoisotopic (exact) mass is 486 g/mol. The molecule has 1 aromatic heterocycles. The predicted octanol–water partition coefficient (Wildman–Crippen LogP) is 10.9. The van der Waals surface area contributed by atoms with Crippen LogP contribution in [0.3, 0.4) is 0 Å². The lowest BCUT2D eigenvalue weighted by atomic mass is 9.86. The SMILES string of the molecule is C=Cc1cc2c(cc1/C=C\C)oc1ccc(-c3c4ccccc4c(-c4ccccc4)c4ccccc34)cc12. The first-order chi connectivity index (χ1) is 18.8. The van der Waals surface area contributed by atoms with Gasteiger partial charge in [0.1, 0.15) is 11.2 Å². The van der Waals surface area contributed by atoms with Crippen molar-refractivity contribution < 1.29 is 4.42 Å². The molecule has 180 valence electrons. The Labute approximate surface area is 222 Å². The minimum Gasteiger partial charge on any atom is -0.456 e. The number of rotatable bonds is 4. The molecule has 0 unspecified atom stereocenters. The van der Waals surface area contributed by atoms with Gasteiger partial charge in [0.05, 0.1) is 0 Å². The normalized spacial score (nSPS) is 11.8. The number of hydrogen-bond donors (Lipinski definition) is 0. The van der Waals surface area contributed by atoms with Gasteiger partial charge in [-0.2, -0.15) is 0 Å². The summed E-state index contributed by atoms with van der Waals surface area (Å²) in [5.41, 5.74) is 8.95. The molecule has 0 atom stereocenters. The Balaban J connectivity index is 1.57. The van der Waals surface area contributed by atoms with Crippen molar-refractivity contribution in [3.8, 4) is 22.3 Å².